The minimum atomic E-state index is -3.29. The fourth-order valence-electron chi connectivity index (χ4n) is 1.17. The number of aromatic nitrogens is 2. The Bertz CT molecular complexity index is 603. The van der Waals surface area contributed by atoms with E-state index in [1.165, 1.54) is 0 Å². The lowest BCUT2D eigenvalue weighted by molar-refractivity contribution is 0.0687. The Morgan fingerprint density at radius 2 is 2.06 bits per heavy atom. The number of rotatable bonds is 5. The summed E-state index contributed by atoms with van der Waals surface area (Å²) in [6.07, 6.45) is 0. The highest BCUT2D eigenvalue weighted by molar-refractivity contribution is 7.91. The van der Waals surface area contributed by atoms with Gasteiger partial charge in [-0.1, -0.05) is 0 Å². The molecule has 8 heteroatoms. The van der Waals surface area contributed by atoms with Gasteiger partial charge in [-0.15, -0.1) is 0 Å². The van der Waals surface area contributed by atoms with Gasteiger partial charge in [-0.3, -0.25) is 4.79 Å². The van der Waals surface area contributed by atoms with Gasteiger partial charge in [0.05, 0.1) is 17.5 Å². The van der Waals surface area contributed by atoms with Gasteiger partial charge in [0.2, 0.25) is 0 Å². The summed E-state index contributed by atoms with van der Waals surface area (Å²) in [6, 6.07) is 2.14. The van der Waals surface area contributed by atoms with Crippen molar-refractivity contribution in [1.29, 1.82) is 0 Å². The van der Waals surface area contributed by atoms with Gasteiger partial charge in [0.25, 0.3) is 5.56 Å². The Kier molecular flexibility index (Phi) is 4.23. The SMILES string of the molecule is CC(C)S(=O)(=O)CCn1nc(C(=O)O)ccc1=O. The smallest absolute Gasteiger partial charge is 0.356 e. The second-order valence-corrected chi connectivity index (χ2v) is 6.68. The molecule has 1 aromatic rings. The van der Waals surface area contributed by atoms with E-state index in [0.717, 1.165) is 16.8 Å². The van der Waals surface area contributed by atoms with Gasteiger partial charge in [0.15, 0.2) is 15.5 Å². The average molecular weight is 274 g/mol. The Hall–Kier alpha value is -1.70. The monoisotopic (exact) mass is 274 g/mol. The van der Waals surface area contributed by atoms with Crippen LogP contribution in [-0.2, 0) is 16.4 Å². The molecule has 0 spiro atoms. The zero-order chi connectivity index (χ0) is 13.9. The lowest BCUT2D eigenvalue weighted by Crippen LogP contribution is -2.29. The molecule has 0 aromatic carbocycles. The first kappa shape index (κ1) is 14.4. The third kappa shape index (κ3) is 3.39. The van der Waals surface area contributed by atoms with Crippen LogP contribution in [0.25, 0.3) is 0 Å². The summed E-state index contributed by atoms with van der Waals surface area (Å²) in [5.41, 5.74) is -0.824. The normalized spacial score (nSPS) is 11.7. The van der Waals surface area contributed by atoms with Gasteiger partial charge < -0.3 is 5.11 Å². The molecule has 0 radical (unpaired) electrons. The van der Waals surface area contributed by atoms with E-state index in [2.05, 4.69) is 5.10 Å². The van der Waals surface area contributed by atoms with Crippen LogP contribution in [0.15, 0.2) is 16.9 Å². The largest absolute Gasteiger partial charge is 0.476 e. The number of nitrogens with zero attached hydrogens (tertiary/aromatic N) is 2. The first-order valence-electron chi connectivity index (χ1n) is 5.27. The van der Waals surface area contributed by atoms with E-state index in [-0.39, 0.29) is 18.0 Å². The van der Waals surface area contributed by atoms with Gasteiger partial charge in [-0.2, -0.15) is 5.10 Å². The Morgan fingerprint density at radius 3 is 2.56 bits per heavy atom. The molecule has 0 unspecified atom stereocenters. The maximum absolute atomic E-state index is 11.6. The molecule has 0 saturated heterocycles. The molecule has 1 aromatic heterocycles. The Labute approximate surface area is 104 Å². The van der Waals surface area contributed by atoms with Crippen LogP contribution >= 0.6 is 0 Å². The van der Waals surface area contributed by atoms with E-state index in [9.17, 15) is 18.0 Å². The summed E-state index contributed by atoms with van der Waals surface area (Å²) in [4.78, 5) is 22.1. The van der Waals surface area contributed by atoms with Crippen LogP contribution in [0, 0.1) is 0 Å². The molecule has 7 nitrogen and oxygen atoms in total. The zero-order valence-electron chi connectivity index (χ0n) is 10.0. The van der Waals surface area contributed by atoms with E-state index in [1.54, 1.807) is 13.8 Å². The van der Waals surface area contributed by atoms with Crippen molar-refractivity contribution >= 4 is 15.8 Å². The molecular weight excluding hydrogens is 260 g/mol. The summed E-state index contributed by atoms with van der Waals surface area (Å²) in [5.74, 6) is -1.52. The van der Waals surface area contributed by atoms with Gasteiger partial charge in [-0.05, 0) is 19.9 Å². The minimum Gasteiger partial charge on any atom is -0.476 e. The standard InChI is InChI=1S/C10H14N2O5S/c1-7(2)18(16,17)6-5-12-9(13)4-3-8(11-12)10(14)15/h3-4,7H,5-6H2,1-2H3,(H,14,15). The second-order valence-electron chi connectivity index (χ2n) is 4.00. The number of carboxylic acids is 1. The van der Waals surface area contributed by atoms with Crippen LogP contribution in [0.2, 0.25) is 0 Å². The van der Waals surface area contributed by atoms with Crippen molar-refractivity contribution in [3.8, 4) is 0 Å². The molecule has 0 aliphatic heterocycles. The number of sulfone groups is 1. The summed E-state index contributed by atoms with van der Waals surface area (Å²) in [6.45, 7) is 2.93. The zero-order valence-corrected chi connectivity index (χ0v) is 10.8. The summed E-state index contributed by atoms with van der Waals surface area (Å²) >= 11 is 0. The van der Waals surface area contributed by atoms with Crippen LogP contribution in [-0.4, -0.2) is 40.3 Å². The molecule has 100 valence electrons. The van der Waals surface area contributed by atoms with Crippen molar-refractivity contribution in [2.75, 3.05) is 5.75 Å². The van der Waals surface area contributed by atoms with E-state index >= 15 is 0 Å². The first-order chi connectivity index (χ1) is 8.24. The predicted molar refractivity (Wildman–Crippen MR) is 64.4 cm³/mol. The lowest BCUT2D eigenvalue weighted by atomic mass is 10.4. The van der Waals surface area contributed by atoms with Crippen molar-refractivity contribution in [2.24, 2.45) is 0 Å². The van der Waals surface area contributed by atoms with Crippen molar-refractivity contribution in [2.45, 2.75) is 25.6 Å². The summed E-state index contributed by atoms with van der Waals surface area (Å²) < 4.78 is 24.0. The van der Waals surface area contributed by atoms with Crippen molar-refractivity contribution in [1.82, 2.24) is 9.78 Å². The maximum Gasteiger partial charge on any atom is 0.356 e. The van der Waals surface area contributed by atoms with Gasteiger partial charge in [-0.25, -0.2) is 17.9 Å². The first-order valence-corrected chi connectivity index (χ1v) is 6.98. The highest BCUT2D eigenvalue weighted by Gasteiger charge is 2.17. The van der Waals surface area contributed by atoms with E-state index in [4.69, 9.17) is 5.11 Å². The number of carboxylic acid groups (broad SMARTS) is 1. The molecule has 0 amide bonds. The van der Waals surface area contributed by atoms with Crippen molar-refractivity contribution in [3.05, 3.63) is 28.2 Å². The molecule has 1 heterocycles. The molecular formula is C10H14N2O5S. The van der Waals surface area contributed by atoms with Crippen molar-refractivity contribution < 1.29 is 18.3 Å². The van der Waals surface area contributed by atoms with E-state index < -0.39 is 26.6 Å². The summed E-state index contributed by atoms with van der Waals surface area (Å²) in [5, 5.41) is 11.7. The number of carbonyl (C=O) groups is 1. The highest BCUT2D eigenvalue weighted by atomic mass is 32.2. The highest BCUT2D eigenvalue weighted by Crippen LogP contribution is 2.01. The van der Waals surface area contributed by atoms with Crippen LogP contribution in [0.3, 0.4) is 0 Å². The Morgan fingerprint density at radius 1 is 1.44 bits per heavy atom. The van der Waals surface area contributed by atoms with Gasteiger partial charge in [0.1, 0.15) is 0 Å². The molecule has 0 bridgehead atoms. The molecule has 0 fully saturated rings. The number of hydrogen-bond donors (Lipinski definition) is 1. The van der Waals surface area contributed by atoms with Crippen molar-refractivity contribution in [3.63, 3.8) is 0 Å². The average Bonchev–Trinajstić information content (AvgIpc) is 2.27. The predicted octanol–water partition coefficient (Wildman–Crippen LogP) is -0.235. The molecule has 0 aliphatic rings. The molecule has 0 atom stereocenters. The van der Waals surface area contributed by atoms with Crippen LogP contribution in [0.1, 0.15) is 24.3 Å². The Balaban J connectivity index is 2.95. The number of aromatic carboxylic acids is 1. The summed E-state index contributed by atoms with van der Waals surface area (Å²) in [7, 11) is -3.29. The second kappa shape index (κ2) is 5.30. The van der Waals surface area contributed by atoms with Gasteiger partial charge in [0, 0.05) is 6.07 Å². The topological polar surface area (TPSA) is 106 Å². The lowest BCUT2D eigenvalue weighted by Gasteiger charge is -2.08. The van der Waals surface area contributed by atoms with Gasteiger partial charge >= 0.3 is 5.97 Å². The molecule has 1 N–H and O–H groups in total. The van der Waals surface area contributed by atoms with Crippen LogP contribution in [0.5, 0.6) is 0 Å². The third-order valence-corrected chi connectivity index (χ3v) is 4.58. The quantitative estimate of drug-likeness (QED) is 0.794. The van der Waals surface area contributed by atoms with Crippen LogP contribution in [0.4, 0.5) is 0 Å². The molecule has 1 rings (SSSR count). The fraction of sp³-hybridized carbons (Fsp3) is 0.500. The molecule has 18 heavy (non-hydrogen) atoms. The minimum absolute atomic E-state index is 0.152. The maximum atomic E-state index is 11.6. The van der Waals surface area contributed by atoms with E-state index in [0.29, 0.717) is 0 Å². The van der Waals surface area contributed by atoms with E-state index in [1.807, 2.05) is 0 Å². The number of aryl methyl sites for hydroxylation is 1. The molecule has 0 aliphatic carbocycles. The third-order valence-electron chi connectivity index (χ3n) is 2.39. The number of hydrogen-bond acceptors (Lipinski definition) is 5. The molecule has 0 saturated carbocycles. The fourth-order valence-corrected chi connectivity index (χ4v) is 2.07. The van der Waals surface area contributed by atoms with Crippen LogP contribution < -0.4 is 5.56 Å².